The molecule has 4 heteroatoms. The van der Waals surface area contributed by atoms with Crippen LogP contribution in [-0.2, 0) is 4.79 Å². The third kappa shape index (κ3) is 6.34. The highest BCUT2D eigenvalue weighted by molar-refractivity contribution is 5.76. The van der Waals surface area contributed by atoms with Gasteiger partial charge in [-0.3, -0.25) is 4.79 Å². The lowest BCUT2D eigenvalue weighted by Crippen LogP contribution is -2.38. The quantitative estimate of drug-likeness (QED) is 0.860. The Morgan fingerprint density at radius 1 is 1.37 bits per heavy atom. The molecule has 1 atom stereocenters. The molecule has 0 saturated heterocycles. The van der Waals surface area contributed by atoms with Crippen LogP contribution in [0.2, 0.25) is 0 Å². The number of amides is 1. The summed E-state index contributed by atoms with van der Waals surface area (Å²) in [5.74, 6) is -0.318. The van der Waals surface area contributed by atoms with Crippen molar-refractivity contribution in [2.45, 2.75) is 45.7 Å². The fourth-order valence-electron chi connectivity index (χ4n) is 1.72. The average molecular weight is 266 g/mol. The van der Waals surface area contributed by atoms with Crippen LogP contribution in [0.4, 0.5) is 4.39 Å². The zero-order chi connectivity index (χ0) is 14.5. The maximum atomic E-state index is 13.1. The summed E-state index contributed by atoms with van der Waals surface area (Å²) in [7, 11) is 0. The first-order valence-electron chi connectivity index (χ1n) is 6.58. The zero-order valence-corrected chi connectivity index (χ0v) is 12.1. The van der Waals surface area contributed by atoms with Gasteiger partial charge in [0.15, 0.2) is 0 Å². The van der Waals surface area contributed by atoms with E-state index in [1.807, 2.05) is 6.92 Å². The van der Waals surface area contributed by atoms with E-state index in [0.717, 1.165) is 5.56 Å². The van der Waals surface area contributed by atoms with Crippen LogP contribution in [0.1, 0.15) is 45.7 Å². The van der Waals surface area contributed by atoms with Gasteiger partial charge in [0.1, 0.15) is 5.82 Å². The van der Waals surface area contributed by atoms with Crippen LogP contribution in [0.25, 0.3) is 0 Å². The Hall–Kier alpha value is -1.42. The second kappa shape index (κ2) is 6.66. The highest BCUT2D eigenvalue weighted by Crippen LogP contribution is 2.13. The molecule has 0 radical (unpaired) electrons. The normalized spacial score (nSPS) is 13.1. The molecule has 1 rings (SSSR count). The van der Waals surface area contributed by atoms with Gasteiger partial charge in [-0.25, -0.2) is 4.39 Å². The van der Waals surface area contributed by atoms with Crippen molar-refractivity contribution in [1.82, 2.24) is 10.6 Å². The van der Waals surface area contributed by atoms with Gasteiger partial charge in [-0.15, -0.1) is 0 Å². The highest BCUT2D eigenvalue weighted by atomic mass is 19.1. The van der Waals surface area contributed by atoms with Gasteiger partial charge in [0, 0.05) is 18.5 Å². The standard InChI is InChI=1S/C15H23FN2O/c1-11(12-6-5-7-13(16)10-12)18-14(19)8-9-17-15(2,3)4/h5-7,10-11,17H,8-9H2,1-4H3,(H,18,19). The van der Waals surface area contributed by atoms with Gasteiger partial charge >= 0.3 is 0 Å². The van der Waals surface area contributed by atoms with Gasteiger partial charge in [-0.1, -0.05) is 12.1 Å². The molecule has 0 aromatic heterocycles. The maximum absolute atomic E-state index is 13.1. The molecule has 0 aliphatic carbocycles. The Morgan fingerprint density at radius 3 is 2.63 bits per heavy atom. The van der Waals surface area contributed by atoms with Crippen LogP contribution in [0.5, 0.6) is 0 Å². The lowest BCUT2D eigenvalue weighted by molar-refractivity contribution is -0.121. The Bertz CT molecular complexity index is 426. The van der Waals surface area contributed by atoms with Crippen LogP contribution >= 0.6 is 0 Å². The molecule has 0 aliphatic rings. The number of hydrogen-bond acceptors (Lipinski definition) is 2. The molecule has 0 bridgehead atoms. The molecule has 0 fully saturated rings. The Balaban J connectivity index is 2.40. The predicted octanol–water partition coefficient (Wildman–Crippen LogP) is 2.78. The van der Waals surface area contributed by atoms with Crippen molar-refractivity contribution in [2.24, 2.45) is 0 Å². The second-order valence-corrected chi connectivity index (χ2v) is 5.77. The van der Waals surface area contributed by atoms with Gasteiger partial charge in [-0.05, 0) is 45.4 Å². The van der Waals surface area contributed by atoms with E-state index in [0.29, 0.717) is 13.0 Å². The molecule has 106 valence electrons. The van der Waals surface area contributed by atoms with Crippen molar-refractivity contribution >= 4 is 5.91 Å². The molecule has 0 aliphatic heterocycles. The van der Waals surface area contributed by atoms with Crippen LogP contribution in [0.15, 0.2) is 24.3 Å². The fourth-order valence-corrected chi connectivity index (χ4v) is 1.72. The highest BCUT2D eigenvalue weighted by Gasteiger charge is 2.12. The van der Waals surface area contributed by atoms with Gasteiger partial charge in [0.2, 0.25) is 5.91 Å². The first-order valence-corrected chi connectivity index (χ1v) is 6.58. The smallest absolute Gasteiger partial charge is 0.221 e. The van der Waals surface area contributed by atoms with E-state index in [1.54, 1.807) is 12.1 Å². The topological polar surface area (TPSA) is 41.1 Å². The maximum Gasteiger partial charge on any atom is 0.221 e. The molecule has 0 spiro atoms. The summed E-state index contributed by atoms with van der Waals surface area (Å²) in [6, 6.07) is 6.11. The summed E-state index contributed by atoms with van der Waals surface area (Å²) in [6.07, 6.45) is 0.414. The average Bonchev–Trinajstić information content (AvgIpc) is 2.27. The van der Waals surface area contributed by atoms with Gasteiger partial charge in [0.05, 0.1) is 6.04 Å². The van der Waals surface area contributed by atoms with Crippen molar-refractivity contribution in [3.05, 3.63) is 35.6 Å². The number of rotatable bonds is 5. The fraction of sp³-hybridized carbons (Fsp3) is 0.533. The number of nitrogens with one attached hydrogen (secondary N) is 2. The minimum absolute atomic E-state index is 0.00839. The van der Waals surface area contributed by atoms with Crippen LogP contribution in [0, 0.1) is 5.82 Å². The predicted molar refractivity (Wildman–Crippen MR) is 75.3 cm³/mol. The summed E-state index contributed by atoms with van der Waals surface area (Å²) in [6.45, 7) is 8.65. The molecule has 2 N–H and O–H groups in total. The lowest BCUT2D eigenvalue weighted by atomic mass is 10.1. The van der Waals surface area contributed by atoms with E-state index in [9.17, 15) is 9.18 Å². The number of halogens is 1. The van der Waals surface area contributed by atoms with Crippen molar-refractivity contribution in [2.75, 3.05) is 6.54 Å². The molecule has 0 heterocycles. The number of benzene rings is 1. The molecule has 1 aromatic carbocycles. The Labute approximate surface area is 114 Å². The third-order valence-electron chi connectivity index (χ3n) is 2.73. The van der Waals surface area contributed by atoms with Crippen LogP contribution in [-0.4, -0.2) is 18.0 Å². The Kier molecular flexibility index (Phi) is 5.48. The van der Waals surface area contributed by atoms with Crippen molar-refractivity contribution < 1.29 is 9.18 Å². The monoisotopic (exact) mass is 266 g/mol. The molecule has 19 heavy (non-hydrogen) atoms. The SMILES string of the molecule is CC(NC(=O)CCNC(C)(C)C)c1cccc(F)c1. The summed E-state index contributed by atoms with van der Waals surface area (Å²) >= 11 is 0. The zero-order valence-electron chi connectivity index (χ0n) is 12.1. The molecular formula is C15H23FN2O. The minimum atomic E-state index is -0.284. The van der Waals surface area contributed by atoms with Gasteiger partial charge < -0.3 is 10.6 Å². The second-order valence-electron chi connectivity index (χ2n) is 5.77. The molecule has 3 nitrogen and oxygen atoms in total. The van der Waals surface area contributed by atoms with Crippen LogP contribution < -0.4 is 10.6 Å². The van der Waals surface area contributed by atoms with Crippen molar-refractivity contribution in [3.8, 4) is 0 Å². The number of carbonyl (C=O) groups is 1. The molecule has 1 amide bonds. The number of carbonyl (C=O) groups excluding carboxylic acids is 1. The van der Waals surface area contributed by atoms with E-state index < -0.39 is 0 Å². The summed E-state index contributed by atoms with van der Waals surface area (Å²) in [5, 5.41) is 6.12. The molecule has 1 aromatic rings. The lowest BCUT2D eigenvalue weighted by Gasteiger charge is -2.21. The first kappa shape index (κ1) is 15.6. The molecular weight excluding hydrogens is 243 g/mol. The molecule has 1 unspecified atom stereocenters. The molecule has 0 saturated carbocycles. The minimum Gasteiger partial charge on any atom is -0.350 e. The summed E-state index contributed by atoms with van der Waals surface area (Å²) in [4.78, 5) is 11.8. The van der Waals surface area contributed by atoms with E-state index in [2.05, 4.69) is 31.4 Å². The van der Waals surface area contributed by atoms with Gasteiger partial charge in [-0.2, -0.15) is 0 Å². The third-order valence-corrected chi connectivity index (χ3v) is 2.73. The van der Waals surface area contributed by atoms with Crippen molar-refractivity contribution in [1.29, 1.82) is 0 Å². The summed E-state index contributed by atoms with van der Waals surface area (Å²) < 4.78 is 13.1. The number of hydrogen-bond donors (Lipinski definition) is 2. The summed E-state index contributed by atoms with van der Waals surface area (Å²) in [5.41, 5.74) is 0.784. The Morgan fingerprint density at radius 2 is 2.05 bits per heavy atom. The van der Waals surface area contributed by atoms with Gasteiger partial charge in [0.25, 0.3) is 0 Å². The van der Waals surface area contributed by atoms with E-state index in [4.69, 9.17) is 0 Å². The van der Waals surface area contributed by atoms with E-state index in [1.165, 1.54) is 12.1 Å². The first-order chi connectivity index (χ1) is 8.78. The van der Waals surface area contributed by atoms with Crippen molar-refractivity contribution in [3.63, 3.8) is 0 Å². The van der Waals surface area contributed by atoms with E-state index in [-0.39, 0.29) is 23.3 Å². The largest absolute Gasteiger partial charge is 0.350 e. The van der Waals surface area contributed by atoms with Crippen LogP contribution in [0.3, 0.4) is 0 Å². The van der Waals surface area contributed by atoms with E-state index >= 15 is 0 Å².